The third-order valence-corrected chi connectivity index (χ3v) is 2.66. The van der Waals surface area contributed by atoms with Crippen molar-refractivity contribution in [1.82, 2.24) is 0 Å². The first-order valence-corrected chi connectivity index (χ1v) is 6.78. The lowest BCUT2D eigenvalue weighted by Crippen LogP contribution is -2.41. The molecule has 0 bridgehead atoms. The van der Waals surface area contributed by atoms with Crippen LogP contribution in [0.4, 0.5) is 0 Å². The Bertz CT molecular complexity index is 267. The van der Waals surface area contributed by atoms with Crippen LogP contribution in [0, 0.1) is 0 Å². The van der Waals surface area contributed by atoms with E-state index in [1.54, 1.807) is 6.08 Å². The van der Waals surface area contributed by atoms with E-state index in [4.69, 9.17) is 18.9 Å². The van der Waals surface area contributed by atoms with Gasteiger partial charge in [0.05, 0.1) is 25.4 Å². The van der Waals surface area contributed by atoms with E-state index in [1.165, 1.54) is 0 Å². The molecular formula is C14H26O5. The molecular weight excluding hydrogens is 248 g/mol. The summed E-state index contributed by atoms with van der Waals surface area (Å²) in [6, 6.07) is 0. The van der Waals surface area contributed by atoms with E-state index in [0.29, 0.717) is 13.2 Å². The number of hydrogen-bond acceptors (Lipinski definition) is 5. The van der Waals surface area contributed by atoms with Crippen molar-refractivity contribution < 1.29 is 24.1 Å². The fourth-order valence-corrected chi connectivity index (χ4v) is 2.05. The molecule has 5 nitrogen and oxygen atoms in total. The quantitative estimate of drug-likeness (QED) is 0.537. The van der Waals surface area contributed by atoms with Crippen LogP contribution in [0.3, 0.4) is 0 Å². The van der Waals surface area contributed by atoms with Crippen LogP contribution < -0.4 is 0 Å². The van der Waals surface area contributed by atoms with Gasteiger partial charge in [-0.2, -0.15) is 0 Å². The lowest BCUT2D eigenvalue weighted by molar-refractivity contribution is -0.160. The van der Waals surface area contributed by atoms with Crippen molar-refractivity contribution in [3.8, 4) is 0 Å². The zero-order valence-corrected chi connectivity index (χ0v) is 12.2. The van der Waals surface area contributed by atoms with Crippen LogP contribution in [0.25, 0.3) is 0 Å². The van der Waals surface area contributed by atoms with Gasteiger partial charge in [0, 0.05) is 0 Å². The van der Waals surface area contributed by atoms with Gasteiger partial charge in [-0.15, -0.1) is 6.58 Å². The third-order valence-electron chi connectivity index (χ3n) is 2.66. The SMILES string of the molecule is C=CCOC[C@H]1O[C@@H](O)[C@H](OC(C)C)[C@@H]1OC(C)C. The molecule has 0 aromatic heterocycles. The molecule has 0 aliphatic carbocycles. The largest absolute Gasteiger partial charge is 0.375 e. The van der Waals surface area contributed by atoms with E-state index in [9.17, 15) is 5.11 Å². The van der Waals surface area contributed by atoms with Crippen LogP contribution in [-0.4, -0.2) is 55.1 Å². The number of aliphatic hydroxyl groups excluding tert-OH is 1. The molecule has 1 rings (SSSR count). The predicted molar refractivity (Wildman–Crippen MR) is 71.9 cm³/mol. The lowest BCUT2D eigenvalue weighted by Gasteiger charge is -2.26. The van der Waals surface area contributed by atoms with Crippen molar-refractivity contribution >= 4 is 0 Å². The molecule has 5 heteroatoms. The molecule has 1 heterocycles. The summed E-state index contributed by atoms with van der Waals surface area (Å²) in [6.07, 6.45) is -0.439. The van der Waals surface area contributed by atoms with Gasteiger partial charge in [-0.1, -0.05) is 6.08 Å². The van der Waals surface area contributed by atoms with Crippen molar-refractivity contribution in [2.45, 2.75) is 64.5 Å². The summed E-state index contributed by atoms with van der Waals surface area (Å²) in [5.74, 6) is 0. The fraction of sp³-hybridized carbons (Fsp3) is 0.857. The van der Waals surface area contributed by atoms with Crippen molar-refractivity contribution in [1.29, 1.82) is 0 Å². The van der Waals surface area contributed by atoms with Gasteiger partial charge in [-0.3, -0.25) is 0 Å². The van der Waals surface area contributed by atoms with Gasteiger partial charge in [0.15, 0.2) is 6.29 Å². The van der Waals surface area contributed by atoms with Gasteiger partial charge in [0.25, 0.3) is 0 Å². The maximum absolute atomic E-state index is 9.95. The minimum atomic E-state index is -0.983. The van der Waals surface area contributed by atoms with Gasteiger partial charge < -0.3 is 24.1 Å². The first kappa shape index (κ1) is 16.6. The summed E-state index contributed by atoms with van der Waals surface area (Å²) in [6.45, 7) is 12.1. The Morgan fingerprint density at radius 3 is 2.26 bits per heavy atom. The van der Waals surface area contributed by atoms with E-state index < -0.39 is 12.4 Å². The summed E-state index contributed by atoms with van der Waals surface area (Å²) in [5, 5.41) is 9.95. The van der Waals surface area contributed by atoms with Gasteiger partial charge in [0.1, 0.15) is 18.3 Å². The molecule has 1 aliphatic rings. The third kappa shape index (κ3) is 5.20. The molecule has 0 radical (unpaired) electrons. The highest BCUT2D eigenvalue weighted by atomic mass is 16.7. The maximum atomic E-state index is 9.95. The first-order chi connectivity index (χ1) is 8.95. The fourth-order valence-electron chi connectivity index (χ4n) is 2.05. The zero-order valence-electron chi connectivity index (χ0n) is 12.2. The van der Waals surface area contributed by atoms with Gasteiger partial charge in [-0.25, -0.2) is 0 Å². The van der Waals surface area contributed by atoms with E-state index in [0.717, 1.165) is 0 Å². The van der Waals surface area contributed by atoms with Crippen LogP contribution >= 0.6 is 0 Å². The molecule has 1 fully saturated rings. The summed E-state index contributed by atoms with van der Waals surface area (Å²) in [5.41, 5.74) is 0. The van der Waals surface area contributed by atoms with Crippen molar-refractivity contribution in [3.05, 3.63) is 12.7 Å². The Morgan fingerprint density at radius 2 is 1.74 bits per heavy atom. The number of ether oxygens (including phenoxy) is 4. The molecule has 0 saturated carbocycles. The van der Waals surface area contributed by atoms with Crippen LogP contribution in [0.1, 0.15) is 27.7 Å². The second-order valence-electron chi connectivity index (χ2n) is 5.19. The van der Waals surface area contributed by atoms with Gasteiger partial charge in [-0.05, 0) is 27.7 Å². The summed E-state index contributed by atoms with van der Waals surface area (Å²) < 4.78 is 22.4. The van der Waals surface area contributed by atoms with E-state index >= 15 is 0 Å². The zero-order chi connectivity index (χ0) is 14.4. The predicted octanol–water partition coefficient (Wildman–Crippen LogP) is 1.49. The summed E-state index contributed by atoms with van der Waals surface area (Å²) in [7, 11) is 0. The van der Waals surface area contributed by atoms with E-state index in [1.807, 2.05) is 27.7 Å². The smallest absolute Gasteiger partial charge is 0.184 e. The van der Waals surface area contributed by atoms with E-state index in [2.05, 4.69) is 6.58 Å². The highest BCUT2D eigenvalue weighted by Gasteiger charge is 2.46. The number of aliphatic hydroxyl groups is 1. The molecule has 19 heavy (non-hydrogen) atoms. The Balaban J connectivity index is 2.65. The molecule has 0 aromatic rings. The average Bonchev–Trinajstić information content (AvgIpc) is 2.57. The van der Waals surface area contributed by atoms with Crippen LogP contribution in [-0.2, 0) is 18.9 Å². The second-order valence-corrected chi connectivity index (χ2v) is 5.19. The monoisotopic (exact) mass is 274 g/mol. The van der Waals surface area contributed by atoms with E-state index in [-0.39, 0.29) is 24.4 Å². The lowest BCUT2D eigenvalue weighted by atomic mass is 10.1. The Kier molecular flexibility index (Phi) is 6.96. The second kappa shape index (κ2) is 7.97. The molecule has 1 saturated heterocycles. The Labute approximate surface area is 115 Å². The Morgan fingerprint density at radius 1 is 1.16 bits per heavy atom. The number of rotatable bonds is 8. The highest BCUT2D eigenvalue weighted by Crippen LogP contribution is 2.27. The first-order valence-electron chi connectivity index (χ1n) is 6.78. The molecule has 1 aliphatic heterocycles. The van der Waals surface area contributed by atoms with Gasteiger partial charge in [0.2, 0.25) is 0 Å². The van der Waals surface area contributed by atoms with Crippen molar-refractivity contribution in [3.63, 3.8) is 0 Å². The van der Waals surface area contributed by atoms with Crippen molar-refractivity contribution in [2.24, 2.45) is 0 Å². The molecule has 0 aromatic carbocycles. The maximum Gasteiger partial charge on any atom is 0.184 e. The molecule has 0 amide bonds. The minimum absolute atomic E-state index is 0.00523. The Hall–Kier alpha value is -0.460. The minimum Gasteiger partial charge on any atom is -0.375 e. The number of hydrogen-bond donors (Lipinski definition) is 1. The summed E-state index contributed by atoms with van der Waals surface area (Å²) in [4.78, 5) is 0. The topological polar surface area (TPSA) is 57.2 Å². The molecule has 4 atom stereocenters. The standard InChI is InChI=1S/C14H26O5/c1-6-7-16-8-11-12(17-9(2)3)13(14(15)19-11)18-10(4)5/h6,9-15H,1,7-8H2,2-5H3/t11-,12-,13-,14-/m1/s1. The molecule has 1 N–H and O–H groups in total. The van der Waals surface area contributed by atoms with Crippen molar-refractivity contribution in [2.75, 3.05) is 13.2 Å². The van der Waals surface area contributed by atoms with Crippen LogP contribution in [0.15, 0.2) is 12.7 Å². The molecule has 0 unspecified atom stereocenters. The summed E-state index contributed by atoms with van der Waals surface area (Å²) >= 11 is 0. The molecule has 112 valence electrons. The average molecular weight is 274 g/mol. The molecule has 0 spiro atoms. The van der Waals surface area contributed by atoms with Crippen LogP contribution in [0.5, 0.6) is 0 Å². The van der Waals surface area contributed by atoms with Gasteiger partial charge >= 0.3 is 0 Å². The normalized spacial score (nSPS) is 31.3. The highest BCUT2D eigenvalue weighted by molar-refractivity contribution is 4.89. The van der Waals surface area contributed by atoms with Crippen LogP contribution in [0.2, 0.25) is 0 Å².